The number of piperazine rings is 1. The van der Waals surface area contributed by atoms with E-state index in [1.807, 2.05) is 36.4 Å². The third kappa shape index (κ3) is 3.94. The van der Waals surface area contributed by atoms with Crippen LogP contribution < -0.4 is 18.9 Å². The number of para-hydroxylation sites is 1. The Morgan fingerprint density at radius 2 is 1.85 bits per heavy atom. The van der Waals surface area contributed by atoms with E-state index in [1.54, 1.807) is 20.4 Å². The topological polar surface area (TPSA) is 82.6 Å². The molecule has 0 unspecified atom stereocenters. The molecule has 9 heteroatoms. The first kappa shape index (κ1) is 27.7. The third-order valence-corrected chi connectivity index (χ3v) is 10.9. The molecule has 4 aromatic rings. The number of rotatable bonds is 6. The molecule has 6 heterocycles. The molecular formula is C37H35N3O6. The number of methoxy groups -OCH3 is 2. The van der Waals surface area contributed by atoms with E-state index in [-0.39, 0.29) is 43.0 Å². The summed E-state index contributed by atoms with van der Waals surface area (Å²) in [6.45, 7) is 3.70. The molecule has 0 N–H and O–H groups in total. The predicted octanol–water partition coefficient (Wildman–Crippen LogP) is 5.56. The van der Waals surface area contributed by atoms with E-state index in [0.29, 0.717) is 6.04 Å². The van der Waals surface area contributed by atoms with Crippen LogP contribution in [-0.4, -0.2) is 67.0 Å². The summed E-state index contributed by atoms with van der Waals surface area (Å²) in [5, 5.41) is 0.991. The number of benzene rings is 3. The lowest BCUT2D eigenvalue weighted by molar-refractivity contribution is -0.169. The van der Waals surface area contributed by atoms with Crippen molar-refractivity contribution in [2.45, 2.75) is 49.5 Å². The van der Waals surface area contributed by atoms with Gasteiger partial charge >= 0.3 is 5.97 Å². The van der Waals surface area contributed by atoms with Crippen molar-refractivity contribution in [1.29, 1.82) is 0 Å². The average molecular weight is 618 g/mol. The van der Waals surface area contributed by atoms with E-state index < -0.39 is 0 Å². The fraction of sp³-hybridized carbons (Fsp3) is 0.351. The lowest BCUT2D eigenvalue weighted by Gasteiger charge is -2.64. The number of fused-ring (bicyclic) bond motifs is 8. The lowest BCUT2D eigenvalue weighted by atomic mass is 9.74. The molecule has 9 rings (SSSR count). The van der Waals surface area contributed by atoms with Crippen molar-refractivity contribution in [3.8, 4) is 23.0 Å². The van der Waals surface area contributed by atoms with Crippen LogP contribution in [0.3, 0.4) is 0 Å². The van der Waals surface area contributed by atoms with Gasteiger partial charge < -0.3 is 23.7 Å². The van der Waals surface area contributed by atoms with Gasteiger partial charge in [-0.25, -0.2) is 4.79 Å². The molecular weight excluding hydrogens is 582 g/mol. The standard InChI is InChI=1S/C37H35N3O6/c1-37-17-23-18-39-29(36(40(23)37)26-15-31(42-2)32(43-3)16-27(26)37)12-22-13-33-34(46-20-45-33)14-25(22)30(39)19-44-35(41)9-8-21-10-11-38-28-7-5-4-6-24(21)28/h4-11,13-16,23,29-30,36H,12,17-20H2,1-3H3/b9-8+/t23-,29-,30-,36+,37+/m0/s1. The van der Waals surface area contributed by atoms with E-state index in [9.17, 15) is 4.79 Å². The van der Waals surface area contributed by atoms with Gasteiger partial charge in [0.05, 0.1) is 31.8 Å². The number of carbonyl (C=O) groups is 1. The summed E-state index contributed by atoms with van der Waals surface area (Å²) in [6, 6.07) is 19.0. The van der Waals surface area contributed by atoms with Crippen molar-refractivity contribution in [2.24, 2.45) is 0 Å². The number of hydrogen-bond donors (Lipinski definition) is 0. The number of nitrogens with zero attached hydrogens (tertiary/aromatic N) is 3. The van der Waals surface area contributed by atoms with Crippen molar-refractivity contribution in [1.82, 2.24) is 14.8 Å². The van der Waals surface area contributed by atoms with Crippen molar-refractivity contribution in [3.05, 3.63) is 94.7 Å². The first-order valence-electron chi connectivity index (χ1n) is 15.9. The Hall–Kier alpha value is -4.60. The number of ether oxygens (including phenoxy) is 5. The molecule has 5 atom stereocenters. The zero-order chi connectivity index (χ0) is 31.2. The molecule has 1 aromatic heterocycles. The molecule has 2 saturated heterocycles. The van der Waals surface area contributed by atoms with Crippen molar-refractivity contribution < 1.29 is 28.5 Å². The van der Waals surface area contributed by atoms with Crippen LogP contribution in [0.4, 0.5) is 0 Å². The normalized spacial score (nSPS) is 27.0. The molecule has 9 nitrogen and oxygen atoms in total. The Labute approximate surface area is 267 Å². The zero-order valence-electron chi connectivity index (χ0n) is 26.1. The molecule has 0 spiro atoms. The van der Waals surface area contributed by atoms with Crippen LogP contribution in [0, 0.1) is 0 Å². The number of esters is 1. The van der Waals surface area contributed by atoms with Crippen LogP contribution in [0.5, 0.6) is 23.0 Å². The molecule has 3 aromatic carbocycles. The Balaban J connectivity index is 1.06. The molecule has 0 aliphatic carbocycles. The Morgan fingerprint density at radius 1 is 1.04 bits per heavy atom. The van der Waals surface area contributed by atoms with Crippen LogP contribution in [0.1, 0.15) is 53.2 Å². The van der Waals surface area contributed by atoms with Crippen molar-refractivity contribution >= 4 is 22.9 Å². The van der Waals surface area contributed by atoms with Crippen LogP contribution >= 0.6 is 0 Å². The number of hydrogen-bond acceptors (Lipinski definition) is 9. The number of pyridine rings is 1. The molecule has 5 aliphatic rings. The summed E-state index contributed by atoms with van der Waals surface area (Å²) in [5.41, 5.74) is 6.73. The molecule has 0 radical (unpaired) electrons. The van der Waals surface area contributed by atoms with Gasteiger partial charge in [-0.15, -0.1) is 0 Å². The Kier molecular flexibility index (Phi) is 6.14. The summed E-state index contributed by atoms with van der Waals surface area (Å²) >= 11 is 0. The van der Waals surface area contributed by atoms with E-state index >= 15 is 0 Å². The Morgan fingerprint density at radius 3 is 2.70 bits per heavy atom. The smallest absolute Gasteiger partial charge is 0.330 e. The highest BCUT2D eigenvalue weighted by Crippen LogP contribution is 2.63. The minimum atomic E-state index is -0.372. The highest BCUT2D eigenvalue weighted by Gasteiger charge is 2.64. The fourth-order valence-corrected chi connectivity index (χ4v) is 8.89. The van der Waals surface area contributed by atoms with Gasteiger partial charge in [-0.2, -0.15) is 0 Å². The molecule has 5 aliphatic heterocycles. The minimum absolute atomic E-state index is 0.0463. The second-order valence-corrected chi connectivity index (χ2v) is 13.0. The Bertz CT molecular complexity index is 1940. The highest BCUT2D eigenvalue weighted by atomic mass is 16.7. The van der Waals surface area contributed by atoms with Crippen molar-refractivity contribution in [2.75, 3.05) is 34.2 Å². The maximum absolute atomic E-state index is 13.2. The van der Waals surface area contributed by atoms with E-state index in [1.165, 1.54) is 22.8 Å². The molecule has 2 fully saturated rings. The number of aromatic nitrogens is 1. The largest absolute Gasteiger partial charge is 0.493 e. The van der Waals surface area contributed by atoms with E-state index in [0.717, 1.165) is 64.4 Å². The van der Waals surface area contributed by atoms with Crippen LogP contribution in [-0.2, 0) is 21.5 Å². The van der Waals surface area contributed by atoms with Crippen LogP contribution in [0.15, 0.2) is 66.9 Å². The summed E-state index contributed by atoms with van der Waals surface area (Å²) in [4.78, 5) is 22.9. The second kappa shape index (κ2) is 10.2. The summed E-state index contributed by atoms with van der Waals surface area (Å²) < 4.78 is 29.2. The van der Waals surface area contributed by atoms with E-state index in [2.05, 4.69) is 46.0 Å². The molecule has 46 heavy (non-hydrogen) atoms. The minimum Gasteiger partial charge on any atom is -0.493 e. The van der Waals surface area contributed by atoms with Gasteiger partial charge in [0.25, 0.3) is 0 Å². The summed E-state index contributed by atoms with van der Waals surface area (Å²) in [7, 11) is 3.39. The molecule has 0 amide bonds. The average Bonchev–Trinajstić information content (AvgIpc) is 3.62. The van der Waals surface area contributed by atoms with Crippen LogP contribution in [0.2, 0.25) is 0 Å². The summed E-state index contributed by atoms with van der Waals surface area (Å²) in [5.74, 6) is 2.66. The lowest BCUT2D eigenvalue weighted by Crippen LogP contribution is -2.71. The van der Waals surface area contributed by atoms with Gasteiger partial charge in [-0.05, 0) is 90.1 Å². The maximum atomic E-state index is 13.2. The maximum Gasteiger partial charge on any atom is 0.330 e. The molecule has 0 saturated carbocycles. The van der Waals surface area contributed by atoms with E-state index in [4.69, 9.17) is 23.7 Å². The second-order valence-electron chi connectivity index (χ2n) is 13.0. The van der Waals surface area contributed by atoms with Crippen molar-refractivity contribution in [3.63, 3.8) is 0 Å². The van der Waals surface area contributed by atoms with Crippen LogP contribution in [0.25, 0.3) is 17.0 Å². The van der Waals surface area contributed by atoms with Gasteiger partial charge in [0.1, 0.15) is 6.61 Å². The fourth-order valence-electron chi connectivity index (χ4n) is 8.89. The zero-order valence-corrected chi connectivity index (χ0v) is 26.1. The van der Waals surface area contributed by atoms with Gasteiger partial charge in [-0.3, -0.25) is 14.8 Å². The third-order valence-electron chi connectivity index (χ3n) is 10.9. The van der Waals surface area contributed by atoms with Gasteiger partial charge in [0, 0.05) is 41.8 Å². The predicted molar refractivity (Wildman–Crippen MR) is 171 cm³/mol. The van der Waals surface area contributed by atoms with Gasteiger partial charge in [0.2, 0.25) is 6.79 Å². The SMILES string of the molecule is COc1cc2c(cc1OC)[C@@]1(C)C[C@H]3CN4[C@@H](COC(=O)/C=C/c5ccnc6ccccc56)c5cc6c(cc5C[C@H]4[C@@H]2N31)OCO6. The van der Waals surface area contributed by atoms with Gasteiger partial charge in [-0.1, -0.05) is 18.2 Å². The number of carbonyl (C=O) groups excluding carboxylic acids is 1. The first-order valence-corrected chi connectivity index (χ1v) is 15.9. The summed E-state index contributed by atoms with van der Waals surface area (Å²) in [6.07, 6.45) is 6.99. The highest BCUT2D eigenvalue weighted by molar-refractivity contribution is 5.93. The van der Waals surface area contributed by atoms with Gasteiger partial charge in [0.15, 0.2) is 23.0 Å². The first-order chi connectivity index (χ1) is 22.5. The molecule has 234 valence electrons. The molecule has 0 bridgehead atoms. The quantitative estimate of drug-likeness (QED) is 0.204. The monoisotopic (exact) mass is 617 g/mol.